The van der Waals surface area contributed by atoms with Gasteiger partial charge in [0.1, 0.15) is 0 Å². The monoisotopic (exact) mass is 398 g/mol. The van der Waals surface area contributed by atoms with Gasteiger partial charge in [-0.25, -0.2) is 0 Å². The van der Waals surface area contributed by atoms with Gasteiger partial charge in [0.25, 0.3) is 0 Å². The smallest absolute Gasteiger partial charge is 0.233 e. The molecule has 0 N–H and O–H groups in total. The van der Waals surface area contributed by atoms with Crippen molar-refractivity contribution in [3.63, 3.8) is 0 Å². The maximum atomic E-state index is 13.3. The Hall–Kier alpha value is -2.98. The van der Waals surface area contributed by atoms with Gasteiger partial charge in [0.2, 0.25) is 5.91 Å². The molecule has 1 spiro atoms. The standard InChI is InChI=1S/C26H26N2O2/c1-19-5-4-6-20(15-19)21-8-9-24-23(16-21)26(10-13-30-14-11-26)18-28(24)25(29)17-22-7-2-3-12-27-22/h2-9,12,15-16H,10-11,13-14,17-18H2,1H3. The summed E-state index contributed by atoms with van der Waals surface area (Å²) >= 11 is 0. The molecule has 0 aliphatic carbocycles. The van der Waals surface area contributed by atoms with Gasteiger partial charge in [-0.1, -0.05) is 42.0 Å². The Labute approximate surface area is 177 Å². The van der Waals surface area contributed by atoms with Gasteiger partial charge in [-0.3, -0.25) is 9.78 Å². The number of benzene rings is 2. The van der Waals surface area contributed by atoms with E-state index in [1.165, 1.54) is 22.3 Å². The van der Waals surface area contributed by atoms with Gasteiger partial charge >= 0.3 is 0 Å². The fraction of sp³-hybridized carbons (Fsp3) is 0.308. The van der Waals surface area contributed by atoms with Crippen LogP contribution < -0.4 is 4.90 Å². The molecule has 1 aromatic heterocycles. The Balaban J connectivity index is 1.53. The quantitative estimate of drug-likeness (QED) is 0.643. The lowest BCUT2D eigenvalue weighted by molar-refractivity contribution is -0.118. The average molecular weight is 399 g/mol. The molecule has 4 heteroatoms. The minimum Gasteiger partial charge on any atom is -0.381 e. The molecule has 3 heterocycles. The number of carbonyl (C=O) groups excluding carboxylic acids is 1. The number of ether oxygens (including phenoxy) is 1. The zero-order chi connectivity index (χ0) is 20.6. The van der Waals surface area contributed by atoms with Crippen LogP contribution >= 0.6 is 0 Å². The van der Waals surface area contributed by atoms with Gasteiger partial charge in [0, 0.05) is 42.8 Å². The molecule has 3 aromatic rings. The Morgan fingerprint density at radius 3 is 2.63 bits per heavy atom. The van der Waals surface area contributed by atoms with E-state index in [9.17, 15) is 4.79 Å². The van der Waals surface area contributed by atoms with Crippen molar-refractivity contribution in [1.82, 2.24) is 4.98 Å². The van der Waals surface area contributed by atoms with Crippen LogP contribution in [0, 0.1) is 6.92 Å². The highest BCUT2D eigenvalue weighted by atomic mass is 16.5. The Morgan fingerprint density at radius 1 is 1.03 bits per heavy atom. The van der Waals surface area contributed by atoms with Crippen LogP contribution in [0.4, 0.5) is 5.69 Å². The van der Waals surface area contributed by atoms with E-state index in [0.717, 1.165) is 44.0 Å². The summed E-state index contributed by atoms with van der Waals surface area (Å²) in [5.41, 5.74) is 6.82. The third-order valence-electron chi connectivity index (χ3n) is 6.48. The van der Waals surface area contributed by atoms with Crippen molar-refractivity contribution in [2.45, 2.75) is 31.6 Å². The predicted octanol–water partition coefficient (Wildman–Crippen LogP) is 4.69. The molecule has 2 aromatic carbocycles. The number of fused-ring (bicyclic) bond motifs is 2. The molecular weight excluding hydrogens is 372 g/mol. The van der Waals surface area contributed by atoms with Gasteiger partial charge in [0.15, 0.2) is 0 Å². The minimum absolute atomic E-state index is 0.0206. The van der Waals surface area contributed by atoms with Gasteiger partial charge < -0.3 is 9.64 Å². The molecule has 0 unspecified atom stereocenters. The summed E-state index contributed by atoms with van der Waals surface area (Å²) in [7, 11) is 0. The molecule has 5 rings (SSSR count). The fourth-order valence-electron chi connectivity index (χ4n) is 4.84. The van der Waals surface area contributed by atoms with E-state index >= 15 is 0 Å². The number of pyridine rings is 1. The third kappa shape index (κ3) is 3.41. The first-order chi connectivity index (χ1) is 14.6. The van der Waals surface area contributed by atoms with Crippen LogP contribution in [0.2, 0.25) is 0 Å². The third-order valence-corrected chi connectivity index (χ3v) is 6.48. The summed E-state index contributed by atoms with van der Waals surface area (Å²) in [5, 5.41) is 0. The summed E-state index contributed by atoms with van der Waals surface area (Å²) < 4.78 is 5.68. The van der Waals surface area contributed by atoms with Gasteiger partial charge in [-0.05, 0) is 60.7 Å². The van der Waals surface area contributed by atoms with Crippen molar-refractivity contribution in [1.29, 1.82) is 0 Å². The van der Waals surface area contributed by atoms with Crippen LogP contribution in [0.3, 0.4) is 0 Å². The van der Waals surface area contributed by atoms with Crippen molar-refractivity contribution in [3.05, 3.63) is 83.7 Å². The highest BCUT2D eigenvalue weighted by Gasteiger charge is 2.45. The van der Waals surface area contributed by atoms with E-state index in [1.807, 2.05) is 23.1 Å². The molecule has 1 amide bonds. The zero-order valence-corrected chi connectivity index (χ0v) is 17.3. The van der Waals surface area contributed by atoms with E-state index < -0.39 is 0 Å². The molecule has 1 saturated heterocycles. The molecule has 0 saturated carbocycles. The number of aromatic nitrogens is 1. The topological polar surface area (TPSA) is 42.4 Å². The maximum absolute atomic E-state index is 13.3. The molecule has 4 nitrogen and oxygen atoms in total. The molecule has 2 aliphatic rings. The Kier molecular flexibility index (Phi) is 4.87. The molecule has 30 heavy (non-hydrogen) atoms. The number of rotatable bonds is 3. The van der Waals surface area contributed by atoms with Crippen LogP contribution in [-0.2, 0) is 21.4 Å². The van der Waals surface area contributed by atoms with Crippen LogP contribution in [-0.4, -0.2) is 30.6 Å². The number of anilines is 1. The largest absolute Gasteiger partial charge is 0.381 e. The molecular formula is C26H26N2O2. The SMILES string of the molecule is Cc1cccc(-c2ccc3c(c2)C2(CCOCC2)CN3C(=O)Cc2ccccn2)c1. The number of aryl methyl sites for hydroxylation is 1. The maximum Gasteiger partial charge on any atom is 0.233 e. The summed E-state index contributed by atoms with van der Waals surface area (Å²) in [6.07, 6.45) is 3.97. The number of amides is 1. The van der Waals surface area contributed by atoms with Crippen molar-refractivity contribution >= 4 is 11.6 Å². The minimum atomic E-state index is -0.0206. The molecule has 152 valence electrons. The Morgan fingerprint density at radius 2 is 1.87 bits per heavy atom. The van der Waals surface area contributed by atoms with Gasteiger partial charge in [-0.15, -0.1) is 0 Å². The lowest BCUT2D eigenvalue weighted by Crippen LogP contribution is -2.41. The van der Waals surface area contributed by atoms with E-state index in [1.54, 1.807) is 6.20 Å². The second-order valence-corrected chi connectivity index (χ2v) is 8.47. The van der Waals surface area contributed by atoms with Gasteiger partial charge in [-0.2, -0.15) is 0 Å². The summed E-state index contributed by atoms with van der Waals surface area (Å²) in [4.78, 5) is 19.6. The average Bonchev–Trinajstić information content (AvgIpc) is 3.08. The van der Waals surface area contributed by atoms with E-state index in [4.69, 9.17) is 4.74 Å². The van der Waals surface area contributed by atoms with Crippen LogP contribution in [0.15, 0.2) is 66.9 Å². The summed E-state index contributed by atoms with van der Waals surface area (Å²) in [5.74, 6) is 0.113. The first-order valence-electron chi connectivity index (χ1n) is 10.6. The highest BCUT2D eigenvalue weighted by Crippen LogP contribution is 2.48. The second-order valence-electron chi connectivity index (χ2n) is 8.47. The highest BCUT2D eigenvalue weighted by molar-refractivity contribution is 5.98. The van der Waals surface area contributed by atoms with E-state index in [0.29, 0.717) is 6.42 Å². The van der Waals surface area contributed by atoms with Crippen LogP contribution in [0.5, 0.6) is 0 Å². The summed E-state index contributed by atoms with van der Waals surface area (Å²) in [6.45, 7) is 4.34. The Bertz CT molecular complexity index is 1070. The second kappa shape index (κ2) is 7.69. The van der Waals surface area contributed by atoms with Crippen molar-refractivity contribution in [2.24, 2.45) is 0 Å². The number of hydrogen-bond donors (Lipinski definition) is 0. The number of carbonyl (C=O) groups is 1. The van der Waals surface area contributed by atoms with Crippen molar-refractivity contribution in [2.75, 3.05) is 24.7 Å². The molecule has 0 atom stereocenters. The van der Waals surface area contributed by atoms with Crippen LogP contribution in [0.25, 0.3) is 11.1 Å². The first kappa shape index (κ1) is 19.0. The first-order valence-corrected chi connectivity index (χ1v) is 10.6. The molecule has 1 fully saturated rings. The number of hydrogen-bond acceptors (Lipinski definition) is 3. The normalized spacial score (nSPS) is 17.2. The lowest BCUT2D eigenvalue weighted by Gasteiger charge is -2.34. The zero-order valence-electron chi connectivity index (χ0n) is 17.3. The van der Waals surface area contributed by atoms with Gasteiger partial charge in [0.05, 0.1) is 6.42 Å². The van der Waals surface area contributed by atoms with E-state index in [-0.39, 0.29) is 11.3 Å². The van der Waals surface area contributed by atoms with Crippen molar-refractivity contribution in [3.8, 4) is 11.1 Å². The van der Waals surface area contributed by atoms with Crippen LogP contribution in [0.1, 0.15) is 29.7 Å². The predicted molar refractivity (Wildman–Crippen MR) is 119 cm³/mol. The fourth-order valence-corrected chi connectivity index (χ4v) is 4.84. The lowest BCUT2D eigenvalue weighted by atomic mass is 9.75. The van der Waals surface area contributed by atoms with Crippen molar-refractivity contribution < 1.29 is 9.53 Å². The van der Waals surface area contributed by atoms with E-state index in [2.05, 4.69) is 54.4 Å². The molecule has 2 aliphatic heterocycles. The molecule has 0 bridgehead atoms. The summed E-state index contributed by atoms with van der Waals surface area (Å²) in [6, 6.07) is 20.9. The molecule has 0 radical (unpaired) electrons. The number of nitrogens with zero attached hydrogens (tertiary/aromatic N) is 2.